The molecule has 5 rings (SSSR count). The van der Waals surface area contributed by atoms with Crippen LogP contribution in [0.5, 0.6) is 5.75 Å². The lowest BCUT2D eigenvalue weighted by molar-refractivity contribution is -0.120. The third-order valence-corrected chi connectivity index (χ3v) is 6.41. The van der Waals surface area contributed by atoms with Gasteiger partial charge in [-0.2, -0.15) is 9.61 Å². The third-order valence-electron chi connectivity index (χ3n) is 5.85. The Morgan fingerprint density at radius 1 is 0.946 bits per heavy atom. The highest BCUT2D eigenvalue weighted by atomic mass is 79.9. The highest BCUT2D eigenvalue weighted by molar-refractivity contribution is 9.10. The maximum absolute atomic E-state index is 13.3. The van der Waals surface area contributed by atoms with E-state index < -0.39 is 0 Å². The minimum Gasteiger partial charge on any atom is -0.507 e. The van der Waals surface area contributed by atoms with Gasteiger partial charge in [0.25, 0.3) is 0 Å². The minimum atomic E-state index is -0.350. The summed E-state index contributed by atoms with van der Waals surface area (Å²) in [4.78, 5) is 16.9. The van der Waals surface area contributed by atoms with Crippen molar-refractivity contribution in [3.63, 3.8) is 0 Å². The van der Waals surface area contributed by atoms with Gasteiger partial charge in [-0.25, -0.2) is 9.37 Å². The van der Waals surface area contributed by atoms with Gasteiger partial charge in [0.15, 0.2) is 5.65 Å². The molecule has 5 aromatic rings. The van der Waals surface area contributed by atoms with Gasteiger partial charge in [0.1, 0.15) is 17.4 Å². The number of fused-ring (bicyclic) bond motifs is 1. The van der Waals surface area contributed by atoms with Crippen LogP contribution in [0.2, 0.25) is 0 Å². The van der Waals surface area contributed by atoms with Crippen molar-refractivity contribution in [3.05, 3.63) is 112 Å². The zero-order chi connectivity index (χ0) is 25.8. The largest absolute Gasteiger partial charge is 0.507 e. The molecule has 0 aliphatic heterocycles. The van der Waals surface area contributed by atoms with Crippen LogP contribution in [0.1, 0.15) is 16.7 Å². The predicted molar refractivity (Wildman–Crippen MR) is 144 cm³/mol. The van der Waals surface area contributed by atoms with Crippen LogP contribution >= 0.6 is 15.9 Å². The van der Waals surface area contributed by atoms with Crippen LogP contribution < -0.4 is 10.6 Å². The number of carbonyl (C=O) groups excluding carboxylic acids is 1. The Morgan fingerprint density at radius 2 is 1.70 bits per heavy atom. The van der Waals surface area contributed by atoms with E-state index >= 15 is 0 Å². The Labute approximate surface area is 221 Å². The molecule has 3 N–H and O–H groups in total. The molecule has 7 nitrogen and oxygen atoms in total. The van der Waals surface area contributed by atoms with E-state index in [-0.39, 0.29) is 23.9 Å². The number of aromatic hydroxyl groups is 1. The average molecular weight is 560 g/mol. The van der Waals surface area contributed by atoms with Gasteiger partial charge in [-0.15, -0.1) is 0 Å². The normalized spacial score (nSPS) is 11.0. The molecule has 0 aliphatic rings. The molecule has 9 heteroatoms. The highest BCUT2D eigenvalue weighted by Crippen LogP contribution is 2.31. The van der Waals surface area contributed by atoms with E-state index in [2.05, 4.69) is 36.6 Å². The van der Waals surface area contributed by atoms with Crippen molar-refractivity contribution in [1.82, 2.24) is 19.9 Å². The van der Waals surface area contributed by atoms with Crippen molar-refractivity contribution in [1.29, 1.82) is 0 Å². The number of aromatic nitrogens is 3. The molecule has 1 amide bonds. The van der Waals surface area contributed by atoms with Crippen molar-refractivity contribution in [2.75, 3.05) is 5.32 Å². The Balaban J connectivity index is 1.24. The summed E-state index contributed by atoms with van der Waals surface area (Å²) in [7, 11) is 0. The summed E-state index contributed by atoms with van der Waals surface area (Å²) >= 11 is 3.49. The van der Waals surface area contributed by atoms with E-state index in [0.29, 0.717) is 35.6 Å². The van der Waals surface area contributed by atoms with E-state index in [9.17, 15) is 14.3 Å². The number of hydrogen-bond acceptors (Lipinski definition) is 5. The van der Waals surface area contributed by atoms with Gasteiger partial charge < -0.3 is 15.7 Å². The molecule has 0 spiro atoms. The summed E-state index contributed by atoms with van der Waals surface area (Å²) in [5.74, 6) is 0.363. The number of phenolic OH excluding ortho intramolecular Hbond substituents is 1. The van der Waals surface area contributed by atoms with E-state index in [1.807, 2.05) is 42.5 Å². The van der Waals surface area contributed by atoms with Crippen molar-refractivity contribution in [3.8, 4) is 17.0 Å². The third kappa shape index (κ3) is 5.78. The number of halogens is 2. The second-order valence-corrected chi connectivity index (χ2v) is 9.38. The van der Waals surface area contributed by atoms with Crippen LogP contribution in [0.4, 0.5) is 10.2 Å². The fourth-order valence-electron chi connectivity index (χ4n) is 3.95. The fraction of sp³-hybridized carbons (Fsp3) is 0.107. The van der Waals surface area contributed by atoms with E-state index in [4.69, 9.17) is 0 Å². The second kappa shape index (κ2) is 10.8. The number of phenols is 1. The van der Waals surface area contributed by atoms with Crippen LogP contribution in [-0.2, 0) is 24.3 Å². The van der Waals surface area contributed by atoms with Crippen molar-refractivity contribution in [2.24, 2.45) is 0 Å². The smallest absolute Gasteiger partial charge is 0.224 e. The summed E-state index contributed by atoms with van der Waals surface area (Å²) in [5, 5.41) is 21.0. The quantitative estimate of drug-likeness (QED) is 0.234. The number of anilines is 1. The lowest BCUT2D eigenvalue weighted by Gasteiger charge is -2.12. The van der Waals surface area contributed by atoms with Crippen LogP contribution in [0.3, 0.4) is 0 Å². The number of nitrogens with one attached hydrogen (secondary N) is 2. The first-order valence-corrected chi connectivity index (χ1v) is 12.4. The molecule has 0 atom stereocenters. The maximum Gasteiger partial charge on any atom is 0.224 e. The molecule has 0 saturated heterocycles. The number of para-hydroxylation sites is 1. The molecule has 186 valence electrons. The van der Waals surface area contributed by atoms with Crippen molar-refractivity contribution in [2.45, 2.75) is 19.5 Å². The van der Waals surface area contributed by atoms with Gasteiger partial charge in [0, 0.05) is 24.7 Å². The van der Waals surface area contributed by atoms with Gasteiger partial charge in [-0.3, -0.25) is 4.79 Å². The molecule has 0 fully saturated rings. The van der Waals surface area contributed by atoms with E-state index in [1.165, 1.54) is 12.1 Å². The van der Waals surface area contributed by atoms with E-state index in [1.54, 1.807) is 35.0 Å². The molecule has 0 aliphatic carbocycles. The zero-order valence-electron chi connectivity index (χ0n) is 19.7. The standard InChI is InChI=1S/C28H23BrFN5O2/c29-23-17-33-35-26(14-24(34-28(23)35)22-6-1-2-7-25(22)36)31-15-18-8-10-19(11-9-18)16-32-27(37)13-20-4-3-5-21(30)12-20/h1-12,14,17,31,36H,13,15-16H2,(H,32,37). The molecule has 37 heavy (non-hydrogen) atoms. The van der Waals surface area contributed by atoms with Gasteiger partial charge in [0.05, 0.1) is 22.8 Å². The average Bonchev–Trinajstić information content (AvgIpc) is 3.27. The first-order chi connectivity index (χ1) is 18.0. The number of nitrogens with zero attached hydrogens (tertiary/aromatic N) is 3. The fourth-order valence-corrected chi connectivity index (χ4v) is 4.30. The Kier molecular flexibility index (Phi) is 7.14. The summed E-state index contributed by atoms with van der Waals surface area (Å²) in [6.07, 6.45) is 1.81. The SMILES string of the molecule is O=C(Cc1cccc(F)c1)NCc1ccc(CNc2cc(-c3ccccc3O)nc3c(Br)cnn23)cc1. The molecule has 0 unspecified atom stereocenters. The topological polar surface area (TPSA) is 91.5 Å². The second-order valence-electron chi connectivity index (χ2n) is 8.53. The number of carbonyl (C=O) groups is 1. The first-order valence-electron chi connectivity index (χ1n) is 11.6. The van der Waals surface area contributed by atoms with Gasteiger partial charge in [-0.1, -0.05) is 48.5 Å². The van der Waals surface area contributed by atoms with Crippen molar-refractivity contribution < 1.29 is 14.3 Å². The first kappa shape index (κ1) is 24.5. The molecule has 2 aromatic heterocycles. The summed E-state index contributed by atoms with van der Waals surface area (Å²) in [6, 6.07) is 22.9. The number of rotatable bonds is 8. The molecule has 0 radical (unpaired) electrons. The summed E-state index contributed by atoms with van der Waals surface area (Å²) in [5.41, 5.74) is 4.52. The number of hydrogen-bond donors (Lipinski definition) is 3. The van der Waals surface area contributed by atoms with Crippen LogP contribution in [0, 0.1) is 5.82 Å². The lowest BCUT2D eigenvalue weighted by atomic mass is 10.1. The number of amides is 1. The van der Waals surface area contributed by atoms with Crippen molar-refractivity contribution >= 4 is 33.3 Å². The Bertz CT molecular complexity index is 1570. The monoisotopic (exact) mass is 559 g/mol. The Hall–Kier alpha value is -4.24. The predicted octanol–water partition coefficient (Wildman–Crippen LogP) is 5.47. The highest BCUT2D eigenvalue weighted by Gasteiger charge is 2.13. The summed E-state index contributed by atoms with van der Waals surface area (Å²) < 4.78 is 15.8. The summed E-state index contributed by atoms with van der Waals surface area (Å²) in [6.45, 7) is 0.918. The van der Waals surface area contributed by atoms with Gasteiger partial charge in [-0.05, 0) is 56.9 Å². The van der Waals surface area contributed by atoms with Gasteiger partial charge >= 0.3 is 0 Å². The number of benzene rings is 3. The van der Waals surface area contributed by atoms with Crippen LogP contribution in [0.25, 0.3) is 16.9 Å². The van der Waals surface area contributed by atoms with Crippen LogP contribution in [0.15, 0.2) is 89.5 Å². The zero-order valence-corrected chi connectivity index (χ0v) is 21.2. The molecule has 2 heterocycles. The molecular formula is C28H23BrFN5O2. The van der Waals surface area contributed by atoms with Gasteiger partial charge in [0.2, 0.25) is 5.91 Å². The van der Waals surface area contributed by atoms with Crippen LogP contribution in [-0.4, -0.2) is 25.6 Å². The molecule has 0 bridgehead atoms. The lowest BCUT2D eigenvalue weighted by Crippen LogP contribution is -2.24. The molecule has 3 aromatic carbocycles. The molecular weight excluding hydrogens is 537 g/mol. The Morgan fingerprint density at radius 3 is 2.46 bits per heavy atom. The minimum absolute atomic E-state index is 0.131. The molecule has 0 saturated carbocycles. The maximum atomic E-state index is 13.3. The van der Waals surface area contributed by atoms with E-state index in [0.717, 1.165) is 21.4 Å².